The van der Waals surface area contributed by atoms with E-state index in [9.17, 15) is 0 Å². The topological polar surface area (TPSA) is 86.0 Å². The summed E-state index contributed by atoms with van der Waals surface area (Å²) in [6, 6.07) is 1.71. The number of rotatable bonds is 6. The van der Waals surface area contributed by atoms with Crippen molar-refractivity contribution in [1.29, 1.82) is 0 Å². The lowest BCUT2D eigenvalue weighted by atomic mass is 10.4. The molecule has 90 valence electrons. The Labute approximate surface area is 98.2 Å². The monoisotopic (exact) mass is 235 g/mol. The molecule has 7 heteroatoms. The van der Waals surface area contributed by atoms with Crippen molar-refractivity contribution < 1.29 is 9.26 Å². The highest BCUT2D eigenvalue weighted by atomic mass is 16.5. The second-order valence-corrected chi connectivity index (χ2v) is 3.16. The Morgan fingerprint density at radius 1 is 1.41 bits per heavy atom. The first-order valence-corrected chi connectivity index (χ1v) is 5.33. The molecule has 0 spiro atoms. The van der Waals surface area contributed by atoms with Crippen LogP contribution in [-0.4, -0.2) is 33.3 Å². The van der Waals surface area contributed by atoms with Crippen LogP contribution in [0.25, 0.3) is 0 Å². The van der Waals surface area contributed by atoms with Crippen LogP contribution in [0, 0.1) is 0 Å². The zero-order valence-corrected chi connectivity index (χ0v) is 9.46. The van der Waals surface area contributed by atoms with Gasteiger partial charge in [-0.05, 0) is 6.92 Å². The fourth-order valence-electron chi connectivity index (χ4n) is 1.24. The molecule has 0 fully saturated rings. The lowest BCUT2D eigenvalue weighted by molar-refractivity contribution is 0.326. The molecule has 7 nitrogen and oxygen atoms in total. The van der Waals surface area contributed by atoms with E-state index >= 15 is 0 Å². The van der Waals surface area contributed by atoms with Crippen molar-refractivity contribution in [3.63, 3.8) is 0 Å². The first-order chi connectivity index (χ1) is 8.38. The van der Waals surface area contributed by atoms with Gasteiger partial charge in [0.15, 0.2) is 6.33 Å². The SMILES string of the molecule is CCOc1ccnc(NCCc2ncno2)n1. The molecule has 2 rings (SSSR count). The largest absolute Gasteiger partial charge is 0.478 e. The van der Waals surface area contributed by atoms with Gasteiger partial charge in [-0.15, -0.1) is 0 Å². The summed E-state index contributed by atoms with van der Waals surface area (Å²) in [4.78, 5) is 12.2. The Morgan fingerprint density at radius 2 is 2.35 bits per heavy atom. The molecule has 0 saturated heterocycles. The number of ether oxygens (including phenoxy) is 1. The molecule has 0 aliphatic rings. The number of nitrogens with zero attached hydrogens (tertiary/aromatic N) is 4. The summed E-state index contributed by atoms with van der Waals surface area (Å²) in [5.74, 6) is 1.66. The quantitative estimate of drug-likeness (QED) is 0.796. The molecule has 0 radical (unpaired) electrons. The maximum atomic E-state index is 5.27. The summed E-state index contributed by atoms with van der Waals surface area (Å²) in [6.45, 7) is 3.11. The van der Waals surface area contributed by atoms with Crippen LogP contribution in [0.15, 0.2) is 23.1 Å². The third-order valence-electron chi connectivity index (χ3n) is 1.95. The average molecular weight is 235 g/mol. The van der Waals surface area contributed by atoms with Gasteiger partial charge in [0.25, 0.3) is 0 Å². The molecule has 2 aromatic rings. The predicted molar refractivity (Wildman–Crippen MR) is 59.7 cm³/mol. The zero-order chi connectivity index (χ0) is 11.9. The summed E-state index contributed by atoms with van der Waals surface area (Å²) < 4.78 is 10.1. The summed E-state index contributed by atoms with van der Waals surface area (Å²) in [6.07, 6.45) is 3.65. The average Bonchev–Trinajstić information content (AvgIpc) is 2.83. The van der Waals surface area contributed by atoms with E-state index in [1.807, 2.05) is 6.92 Å². The van der Waals surface area contributed by atoms with E-state index in [1.54, 1.807) is 12.3 Å². The molecule has 0 unspecified atom stereocenters. The summed E-state index contributed by atoms with van der Waals surface area (Å²) in [5, 5.41) is 6.57. The molecule has 0 bridgehead atoms. The Balaban J connectivity index is 1.84. The smallest absolute Gasteiger partial charge is 0.228 e. The van der Waals surface area contributed by atoms with Crippen LogP contribution < -0.4 is 10.1 Å². The predicted octanol–water partition coefficient (Wildman–Crippen LogP) is 0.913. The van der Waals surface area contributed by atoms with E-state index in [4.69, 9.17) is 9.26 Å². The number of nitrogens with one attached hydrogen (secondary N) is 1. The maximum Gasteiger partial charge on any atom is 0.228 e. The van der Waals surface area contributed by atoms with Crippen LogP contribution in [0.5, 0.6) is 5.88 Å². The highest BCUT2D eigenvalue weighted by molar-refractivity contribution is 5.27. The van der Waals surface area contributed by atoms with Crippen LogP contribution in [0.4, 0.5) is 5.95 Å². The minimum absolute atomic E-state index is 0.524. The molecule has 1 N–H and O–H groups in total. The molecule has 0 amide bonds. The van der Waals surface area contributed by atoms with Crippen LogP contribution in [0.3, 0.4) is 0 Å². The summed E-state index contributed by atoms with van der Waals surface area (Å²) in [5.41, 5.74) is 0. The van der Waals surface area contributed by atoms with Gasteiger partial charge in [-0.25, -0.2) is 4.98 Å². The van der Waals surface area contributed by atoms with Crippen molar-refractivity contribution in [3.8, 4) is 5.88 Å². The van der Waals surface area contributed by atoms with Crippen LogP contribution in [0.2, 0.25) is 0 Å². The molecule has 0 saturated carbocycles. The Bertz CT molecular complexity index is 446. The van der Waals surface area contributed by atoms with E-state index in [2.05, 4.69) is 25.4 Å². The minimum Gasteiger partial charge on any atom is -0.478 e. The van der Waals surface area contributed by atoms with Gasteiger partial charge in [-0.2, -0.15) is 9.97 Å². The van der Waals surface area contributed by atoms with Gasteiger partial charge < -0.3 is 14.6 Å². The number of anilines is 1. The lowest BCUT2D eigenvalue weighted by Crippen LogP contribution is -2.08. The minimum atomic E-state index is 0.524. The van der Waals surface area contributed by atoms with Crippen molar-refractivity contribution in [1.82, 2.24) is 20.1 Å². The second-order valence-electron chi connectivity index (χ2n) is 3.16. The van der Waals surface area contributed by atoms with E-state index < -0.39 is 0 Å². The molecule has 0 aromatic carbocycles. The van der Waals surface area contributed by atoms with Gasteiger partial charge in [-0.3, -0.25) is 0 Å². The van der Waals surface area contributed by atoms with Gasteiger partial charge in [-0.1, -0.05) is 5.16 Å². The Hall–Kier alpha value is -2.18. The summed E-state index contributed by atoms with van der Waals surface area (Å²) in [7, 11) is 0. The van der Waals surface area contributed by atoms with E-state index in [1.165, 1.54) is 6.33 Å². The van der Waals surface area contributed by atoms with Crippen molar-refractivity contribution in [2.24, 2.45) is 0 Å². The van der Waals surface area contributed by atoms with Crippen LogP contribution in [-0.2, 0) is 6.42 Å². The Kier molecular flexibility index (Phi) is 3.85. The number of hydrogen-bond donors (Lipinski definition) is 1. The standard InChI is InChI=1S/C10H13N5O2/c1-2-16-9-4-6-12-10(15-9)11-5-3-8-13-7-14-17-8/h4,6-7H,2-3,5H2,1H3,(H,11,12,15). The van der Waals surface area contributed by atoms with Crippen LogP contribution >= 0.6 is 0 Å². The van der Waals surface area contributed by atoms with Gasteiger partial charge in [0, 0.05) is 25.2 Å². The number of hydrogen-bond acceptors (Lipinski definition) is 7. The van der Waals surface area contributed by atoms with Gasteiger partial charge in [0.05, 0.1) is 6.61 Å². The fraction of sp³-hybridized carbons (Fsp3) is 0.400. The third kappa shape index (κ3) is 3.40. The van der Waals surface area contributed by atoms with Crippen molar-refractivity contribution in [3.05, 3.63) is 24.5 Å². The molecular formula is C10H13N5O2. The highest BCUT2D eigenvalue weighted by Crippen LogP contribution is 2.07. The third-order valence-corrected chi connectivity index (χ3v) is 1.95. The van der Waals surface area contributed by atoms with E-state index in [-0.39, 0.29) is 0 Å². The van der Waals surface area contributed by atoms with Crippen molar-refractivity contribution >= 4 is 5.95 Å². The zero-order valence-electron chi connectivity index (χ0n) is 9.46. The fourth-order valence-corrected chi connectivity index (χ4v) is 1.24. The van der Waals surface area contributed by atoms with Crippen molar-refractivity contribution in [2.45, 2.75) is 13.3 Å². The van der Waals surface area contributed by atoms with Gasteiger partial charge >= 0.3 is 0 Å². The van der Waals surface area contributed by atoms with Crippen LogP contribution in [0.1, 0.15) is 12.8 Å². The van der Waals surface area contributed by atoms with Gasteiger partial charge in [0.2, 0.25) is 17.7 Å². The first-order valence-electron chi connectivity index (χ1n) is 5.33. The molecule has 0 atom stereocenters. The first kappa shape index (κ1) is 11.3. The van der Waals surface area contributed by atoms with E-state index in [0.29, 0.717) is 37.3 Å². The van der Waals surface area contributed by atoms with Crippen molar-refractivity contribution in [2.75, 3.05) is 18.5 Å². The lowest BCUT2D eigenvalue weighted by Gasteiger charge is -2.05. The normalized spacial score (nSPS) is 10.2. The molecular weight excluding hydrogens is 222 g/mol. The maximum absolute atomic E-state index is 5.27. The summed E-state index contributed by atoms with van der Waals surface area (Å²) >= 11 is 0. The van der Waals surface area contributed by atoms with E-state index in [0.717, 1.165) is 0 Å². The highest BCUT2D eigenvalue weighted by Gasteiger charge is 2.01. The number of aromatic nitrogens is 4. The second kappa shape index (κ2) is 5.78. The molecule has 17 heavy (non-hydrogen) atoms. The molecule has 2 heterocycles. The Morgan fingerprint density at radius 3 is 3.12 bits per heavy atom. The van der Waals surface area contributed by atoms with Gasteiger partial charge in [0.1, 0.15) is 0 Å². The molecule has 0 aliphatic carbocycles. The molecule has 2 aromatic heterocycles. The molecule has 0 aliphatic heterocycles.